The van der Waals surface area contributed by atoms with Gasteiger partial charge >= 0.3 is 0 Å². The molecule has 1 aromatic heterocycles. The van der Waals surface area contributed by atoms with Crippen molar-refractivity contribution >= 4 is 23.2 Å². The molecule has 7 heteroatoms. The molecule has 0 bridgehead atoms. The third kappa shape index (κ3) is 5.16. The van der Waals surface area contributed by atoms with Crippen LogP contribution in [0, 0.1) is 0 Å². The number of carbonyl (C=O) groups excluding carboxylic acids is 1. The Morgan fingerprint density at radius 2 is 1.52 bits per heavy atom. The van der Waals surface area contributed by atoms with Gasteiger partial charge in [0.2, 0.25) is 11.8 Å². The molecule has 0 spiro atoms. The molecule has 0 unspecified atom stereocenters. The van der Waals surface area contributed by atoms with Crippen LogP contribution in [-0.2, 0) is 0 Å². The van der Waals surface area contributed by atoms with Crippen LogP contribution in [0.5, 0.6) is 17.4 Å². The summed E-state index contributed by atoms with van der Waals surface area (Å²) < 4.78 is 11.2. The van der Waals surface area contributed by atoms with Crippen molar-refractivity contribution in [3.63, 3.8) is 0 Å². The molecule has 2 N–H and O–H groups in total. The molecule has 0 fully saturated rings. The molecular formula is C24H20N4O3. The fourth-order valence-electron chi connectivity index (χ4n) is 2.81. The lowest BCUT2D eigenvalue weighted by Gasteiger charge is -2.13. The molecule has 0 aliphatic carbocycles. The fourth-order valence-corrected chi connectivity index (χ4v) is 2.81. The standard InChI is InChI=1S/C24H20N4O3/c1-30-20-14-8-11-18(15-20)27-24-25-16-21(22(29)26-17-9-4-2-5-10-17)23(28-24)31-19-12-6-3-7-13-19/h2-16H,1H3,(H,26,29)(H,25,27,28). The molecule has 7 nitrogen and oxygen atoms in total. The molecule has 0 aliphatic heterocycles. The van der Waals surface area contributed by atoms with Crippen LogP contribution in [-0.4, -0.2) is 23.0 Å². The zero-order valence-electron chi connectivity index (χ0n) is 16.8. The van der Waals surface area contributed by atoms with Crippen LogP contribution in [0.25, 0.3) is 0 Å². The first-order valence-corrected chi connectivity index (χ1v) is 9.59. The van der Waals surface area contributed by atoms with Gasteiger partial charge in [-0.25, -0.2) is 4.98 Å². The van der Waals surface area contributed by atoms with Crippen molar-refractivity contribution in [2.24, 2.45) is 0 Å². The second kappa shape index (κ2) is 9.41. The van der Waals surface area contributed by atoms with E-state index in [1.54, 1.807) is 31.4 Å². The first-order valence-electron chi connectivity index (χ1n) is 9.59. The van der Waals surface area contributed by atoms with Gasteiger partial charge in [0.15, 0.2) is 0 Å². The van der Waals surface area contributed by atoms with Gasteiger partial charge in [0.1, 0.15) is 17.1 Å². The summed E-state index contributed by atoms with van der Waals surface area (Å²) in [5.41, 5.74) is 1.62. The van der Waals surface area contributed by atoms with E-state index in [0.717, 1.165) is 5.69 Å². The van der Waals surface area contributed by atoms with Gasteiger partial charge < -0.3 is 20.1 Å². The highest BCUT2D eigenvalue weighted by atomic mass is 16.5. The lowest BCUT2D eigenvalue weighted by molar-refractivity contribution is 0.102. The lowest BCUT2D eigenvalue weighted by Crippen LogP contribution is -2.15. The molecule has 4 rings (SSSR count). The van der Waals surface area contributed by atoms with Crippen molar-refractivity contribution in [2.45, 2.75) is 0 Å². The normalized spacial score (nSPS) is 10.2. The molecule has 0 aliphatic rings. The van der Waals surface area contributed by atoms with Crippen LogP contribution in [0.4, 0.5) is 17.3 Å². The molecular weight excluding hydrogens is 392 g/mol. The second-order valence-corrected chi connectivity index (χ2v) is 6.50. The summed E-state index contributed by atoms with van der Waals surface area (Å²) in [5.74, 6) is 1.31. The van der Waals surface area contributed by atoms with Gasteiger partial charge in [0.05, 0.1) is 7.11 Å². The molecule has 0 saturated heterocycles. The Balaban J connectivity index is 1.64. The Kier molecular flexibility index (Phi) is 6.04. The number of methoxy groups -OCH3 is 1. The van der Waals surface area contributed by atoms with E-state index in [0.29, 0.717) is 17.2 Å². The van der Waals surface area contributed by atoms with Crippen LogP contribution in [0.2, 0.25) is 0 Å². The largest absolute Gasteiger partial charge is 0.497 e. The van der Waals surface area contributed by atoms with Gasteiger partial charge in [-0.15, -0.1) is 0 Å². The van der Waals surface area contributed by atoms with Crippen LogP contribution in [0.1, 0.15) is 10.4 Å². The molecule has 0 atom stereocenters. The van der Waals surface area contributed by atoms with Crippen molar-refractivity contribution in [1.82, 2.24) is 9.97 Å². The Hall–Kier alpha value is -4.39. The predicted molar refractivity (Wildman–Crippen MR) is 119 cm³/mol. The van der Waals surface area contributed by atoms with E-state index in [1.165, 1.54) is 6.20 Å². The number of benzene rings is 3. The van der Waals surface area contributed by atoms with E-state index in [1.807, 2.05) is 60.7 Å². The maximum atomic E-state index is 12.9. The quantitative estimate of drug-likeness (QED) is 0.430. The summed E-state index contributed by atoms with van der Waals surface area (Å²) in [6.45, 7) is 0. The number of para-hydroxylation sites is 2. The first kappa shape index (κ1) is 19.9. The third-order valence-corrected chi connectivity index (χ3v) is 4.31. The van der Waals surface area contributed by atoms with Gasteiger partial charge in [-0.3, -0.25) is 4.79 Å². The molecule has 31 heavy (non-hydrogen) atoms. The summed E-state index contributed by atoms with van der Waals surface area (Å²) >= 11 is 0. The number of nitrogens with zero attached hydrogens (tertiary/aromatic N) is 2. The highest BCUT2D eigenvalue weighted by molar-refractivity contribution is 6.05. The lowest BCUT2D eigenvalue weighted by atomic mass is 10.2. The van der Waals surface area contributed by atoms with Crippen LogP contribution >= 0.6 is 0 Å². The van der Waals surface area contributed by atoms with Gasteiger partial charge in [-0.05, 0) is 36.4 Å². The van der Waals surface area contributed by atoms with E-state index in [-0.39, 0.29) is 23.3 Å². The first-order chi connectivity index (χ1) is 15.2. The minimum Gasteiger partial charge on any atom is -0.497 e. The number of ether oxygens (including phenoxy) is 2. The summed E-state index contributed by atoms with van der Waals surface area (Å²) in [4.78, 5) is 21.6. The number of aromatic nitrogens is 2. The van der Waals surface area contributed by atoms with Gasteiger partial charge in [-0.2, -0.15) is 4.98 Å². The Labute approximate surface area is 179 Å². The van der Waals surface area contributed by atoms with E-state index in [2.05, 4.69) is 20.6 Å². The molecule has 1 amide bonds. The molecule has 0 radical (unpaired) electrons. The average molecular weight is 412 g/mol. The maximum absolute atomic E-state index is 12.9. The van der Waals surface area contributed by atoms with Crippen molar-refractivity contribution in [3.05, 3.63) is 96.7 Å². The zero-order valence-corrected chi connectivity index (χ0v) is 16.8. The molecule has 3 aromatic carbocycles. The monoisotopic (exact) mass is 412 g/mol. The average Bonchev–Trinajstić information content (AvgIpc) is 2.81. The van der Waals surface area contributed by atoms with Crippen LogP contribution in [0.3, 0.4) is 0 Å². The van der Waals surface area contributed by atoms with Crippen molar-refractivity contribution in [2.75, 3.05) is 17.7 Å². The Bertz CT molecular complexity index is 1170. The number of rotatable bonds is 7. The predicted octanol–water partition coefficient (Wildman–Crippen LogP) is 5.27. The summed E-state index contributed by atoms with van der Waals surface area (Å²) in [7, 11) is 1.60. The smallest absolute Gasteiger partial charge is 0.262 e. The Morgan fingerprint density at radius 3 is 2.26 bits per heavy atom. The summed E-state index contributed by atoms with van der Waals surface area (Å²) in [6.07, 6.45) is 1.44. The summed E-state index contributed by atoms with van der Waals surface area (Å²) in [6, 6.07) is 25.7. The van der Waals surface area contributed by atoms with E-state index >= 15 is 0 Å². The molecule has 1 heterocycles. The summed E-state index contributed by atoms with van der Waals surface area (Å²) in [5, 5.41) is 5.94. The number of nitrogens with one attached hydrogen (secondary N) is 2. The highest BCUT2D eigenvalue weighted by Gasteiger charge is 2.17. The number of anilines is 3. The Morgan fingerprint density at radius 1 is 0.839 bits per heavy atom. The van der Waals surface area contributed by atoms with E-state index in [9.17, 15) is 4.79 Å². The minimum atomic E-state index is -0.370. The topological polar surface area (TPSA) is 85.4 Å². The van der Waals surface area contributed by atoms with Crippen molar-refractivity contribution in [3.8, 4) is 17.4 Å². The van der Waals surface area contributed by atoms with Crippen LogP contribution < -0.4 is 20.1 Å². The SMILES string of the molecule is COc1cccc(Nc2ncc(C(=O)Nc3ccccc3)c(Oc3ccccc3)n2)c1. The number of hydrogen-bond acceptors (Lipinski definition) is 6. The maximum Gasteiger partial charge on any atom is 0.262 e. The third-order valence-electron chi connectivity index (χ3n) is 4.31. The second-order valence-electron chi connectivity index (χ2n) is 6.50. The van der Waals surface area contributed by atoms with Gasteiger partial charge in [0, 0.05) is 23.6 Å². The van der Waals surface area contributed by atoms with E-state index < -0.39 is 0 Å². The highest BCUT2D eigenvalue weighted by Crippen LogP contribution is 2.26. The van der Waals surface area contributed by atoms with Gasteiger partial charge in [0.25, 0.3) is 5.91 Å². The van der Waals surface area contributed by atoms with E-state index in [4.69, 9.17) is 9.47 Å². The zero-order chi connectivity index (χ0) is 21.5. The van der Waals surface area contributed by atoms with Crippen molar-refractivity contribution < 1.29 is 14.3 Å². The van der Waals surface area contributed by atoms with Crippen LogP contribution in [0.15, 0.2) is 91.1 Å². The number of amides is 1. The molecule has 4 aromatic rings. The molecule has 154 valence electrons. The number of hydrogen-bond donors (Lipinski definition) is 2. The van der Waals surface area contributed by atoms with Gasteiger partial charge in [-0.1, -0.05) is 42.5 Å². The number of carbonyl (C=O) groups is 1. The molecule has 0 saturated carbocycles. The fraction of sp³-hybridized carbons (Fsp3) is 0.0417. The minimum absolute atomic E-state index is 0.139. The van der Waals surface area contributed by atoms with Crippen molar-refractivity contribution in [1.29, 1.82) is 0 Å².